The maximum atomic E-state index is 10.9. The second kappa shape index (κ2) is 5.99. The Morgan fingerprint density at radius 3 is 2.67 bits per heavy atom. The highest BCUT2D eigenvalue weighted by Gasteiger charge is 2.43. The van der Waals surface area contributed by atoms with E-state index in [0.29, 0.717) is 13.0 Å². The van der Waals surface area contributed by atoms with Crippen LogP contribution in [0.3, 0.4) is 0 Å². The SMILES string of the molecule is CC(C)(C)C1=CCC2(CC1)OCC(CCOS(C)(=O)=O)O2. The van der Waals surface area contributed by atoms with Crippen molar-refractivity contribution >= 4 is 10.1 Å². The average Bonchev–Trinajstić information content (AvgIpc) is 2.70. The third-order valence-electron chi connectivity index (χ3n) is 4.05. The molecule has 0 saturated carbocycles. The highest BCUT2D eigenvalue weighted by Crippen LogP contribution is 2.42. The lowest BCUT2D eigenvalue weighted by Gasteiger charge is -2.35. The molecule has 0 aromatic heterocycles. The predicted octanol–water partition coefficient (Wildman–Crippen LogP) is 2.62. The molecule has 1 saturated heterocycles. The van der Waals surface area contributed by atoms with Crippen molar-refractivity contribution < 1.29 is 22.1 Å². The van der Waals surface area contributed by atoms with Gasteiger partial charge in [-0.15, -0.1) is 0 Å². The summed E-state index contributed by atoms with van der Waals surface area (Å²) in [6.07, 6.45) is 6.35. The number of allylic oxidation sites excluding steroid dienone is 1. The third-order valence-corrected chi connectivity index (χ3v) is 4.64. The molecule has 1 aliphatic carbocycles. The zero-order chi connectivity index (χ0) is 15.7. The first-order valence-corrected chi connectivity index (χ1v) is 9.27. The molecule has 1 heterocycles. The number of ether oxygens (including phenoxy) is 2. The van der Waals surface area contributed by atoms with Crippen molar-refractivity contribution in [2.75, 3.05) is 19.5 Å². The molecule has 21 heavy (non-hydrogen) atoms. The molecule has 2 rings (SSSR count). The van der Waals surface area contributed by atoms with E-state index in [2.05, 4.69) is 26.8 Å². The summed E-state index contributed by atoms with van der Waals surface area (Å²) in [7, 11) is -3.38. The van der Waals surface area contributed by atoms with Gasteiger partial charge in [0.05, 0.1) is 25.6 Å². The van der Waals surface area contributed by atoms with Gasteiger partial charge in [0.1, 0.15) is 0 Å². The fraction of sp³-hybridized carbons (Fsp3) is 0.867. The van der Waals surface area contributed by atoms with Crippen LogP contribution in [-0.2, 0) is 23.8 Å². The Hall–Kier alpha value is -0.430. The summed E-state index contributed by atoms with van der Waals surface area (Å²) < 4.78 is 38.5. The molecule has 6 heteroatoms. The first kappa shape index (κ1) is 16.9. The van der Waals surface area contributed by atoms with Gasteiger partial charge in [0.25, 0.3) is 10.1 Å². The van der Waals surface area contributed by atoms with E-state index < -0.39 is 15.9 Å². The summed E-state index contributed by atoms with van der Waals surface area (Å²) in [6.45, 7) is 7.31. The zero-order valence-corrected chi connectivity index (χ0v) is 14.2. The molecule has 5 nitrogen and oxygen atoms in total. The topological polar surface area (TPSA) is 61.8 Å². The van der Waals surface area contributed by atoms with Crippen molar-refractivity contribution in [1.29, 1.82) is 0 Å². The van der Waals surface area contributed by atoms with Crippen LogP contribution < -0.4 is 0 Å². The molecule has 2 aliphatic rings. The minimum absolute atomic E-state index is 0.0867. The lowest BCUT2D eigenvalue weighted by atomic mass is 9.79. The van der Waals surface area contributed by atoms with E-state index in [-0.39, 0.29) is 18.1 Å². The molecule has 0 aromatic carbocycles. The van der Waals surface area contributed by atoms with Crippen LogP contribution in [0.25, 0.3) is 0 Å². The molecule has 122 valence electrons. The normalized spacial score (nSPS) is 30.7. The first-order valence-electron chi connectivity index (χ1n) is 7.45. The Morgan fingerprint density at radius 2 is 2.14 bits per heavy atom. The van der Waals surface area contributed by atoms with Gasteiger partial charge in [-0.2, -0.15) is 8.42 Å². The molecule has 0 bridgehead atoms. The molecule has 2 atom stereocenters. The second-order valence-corrected chi connectivity index (χ2v) is 8.60. The molecular weight excluding hydrogens is 292 g/mol. The van der Waals surface area contributed by atoms with Crippen molar-refractivity contribution in [2.24, 2.45) is 5.41 Å². The first-order chi connectivity index (χ1) is 9.60. The maximum absolute atomic E-state index is 10.9. The molecule has 0 radical (unpaired) electrons. The highest BCUT2D eigenvalue weighted by atomic mass is 32.2. The maximum Gasteiger partial charge on any atom is 0.264 e. The molecular formula is C15H26O5S. The number of rotatable bonds is 4. The van der Waals surface area contributed by atoms with Gasteiger partial charge < -0.3 is 9.47 Å². The molecule has 0 amide bonds. The van der Waals surface area contributed by atoms with Crippen molar-refractivity contribution in [3.8, 4) is 0 Å². The van der Waals surface area contributed by atoms with E-state index in [9.17, 15) is 8.42 Å². The van der Waals surface area contributed by atoms with Crippen molar-refractivity contribution in [3.05, 3.63) is 11.6 Å². The molecule has 1 spiro atoms. The Morgan fingerprint density at radius 1 is 1.43 bits per heavy atom. The molecule has 1 fully saturated rings. The minimum Gasteiger partial charge on any atom is -0.347 e. The lowest BCUT2D eigenvalue weighted by Crippen LogP contribution is -2.34. The fourth-order valence-electron chi connectivity index (χ4n) is 2.82. The summed E-state index contributed by atoms with van der Waals surface area (Å²) in [4.78, 5) is 0. The predicted molar refractivity (Wildman–Crippen MR) is 80.4 cm³/mol. The van der Waals surface area contributed by atoms with E-state index in [0.717, 1.165) is 25.5 Å². The monoisotopic (exact) mass is 318 g/mol. The average molecular weight is 318 g/mol. The van der Waals surface area contributed by atoms with Gasteiger partial charge in [-0.3, -0.25) is 4.18 Å². The van der Waals surface area contributed by atoms with E-state index in [1.165, 1.54) is 5.57 Å². The van der Waals surface area contributed by atoms with Crippen LogP contribution in [0.1, 0.15) is 46.5 Å². The quantitative estimate of drug-likeness (QED) is 0.589. The Labute approximate surface area is 127 Å². The van der Waals surface area contributed by atoms with E-state index >= 15 is 0 Å². The van der Waals surface area contributed by atoms with Crippen molar-refractivity contribution in [1.82, 2.24) is 0 Å². The summed E-state index contributed by atoms with van der Waals surface area (Å²) in [5.41, 5.74) is 1.65. The van der Waals surface area contributed by atoms with E-state index in [1.807, 2.05) is 0 Å². The van der Waals surface area contributed by atoms with Gasteiger partial charge in [0, 0.05) is 19.3 Å². The molecule has 0 aromatic rings. The largest absolute Gasteiger partial charge is 0.347 e. The minimum atomic E-state index is -3.38. The van der Waals surface area contributed by atoms with E-state index in [1.54, 1.807) is 0 Å². The van der Waals surface area contributed by atoms with Crippen LogP contribution in [0.5, 0.6) is 0 Å². The fourth-order valence-corrected chi connectivity index (χ4v) is 3.22. The third kappa shape index (κ3) is 4.77. The molecule has 1 aliphatic heterocycles. The van der Waals surface area contributed by atoms with Crippen molar-refractivity contribution in [2.45, 2.75) is 58.3 Å². The van der Waals surface area contributed by atoms with Gasteiger partial charge in [-0.05, 0) is 11.8 Å². The van der Waals surface area contributed by atoms with Crippen molar-refractivity contribution in [3.63, 3.8) is 0 Å². The highest BCUT2D eigenvalue weighted by molar-refractivity contribution is 7.85. The van der Waals surface area contributed by atoms with Crippen LogP contribution in [-0.4, -0.2) is 39.8 Å². The van der Waals surface area contributed by atoms with Crippen LogP contribution in [0.4, 0.5) is 0 Å². The standard InChI is InChI=1S/C15H26O5S/c1-14(2,3)12-5-8-15(9-6-12)18-11-13(20-15)7-10-19-21(4,16)17/h5,13H,6-11H2,1-4H3. The Kier molecular flexibility index (Phi) is 4.83. The second-order valence-electron chi connectivity index (χ2n) is 6.96. The zero-order valence-electron chi connectivity index (χ0n) is 13.3. The van der Waals surface area contributed by atoms with Gasteiger partial charge in [-0.1, -0.05) is 32.4 Å². The molecule has 2 unspecified atom stereocenters. The lowest BCUT2D eigenvalue weighted by molar-refractivity contribution is -0.174. The van der Waals surface area contributed by atoms with Crippen LogP contribution >= 0.6 is 0 Å². The summed E-state index contributed by atoms with van der Waals surface area (Å²) >= 11 is 0. The van der Waals surface area contributed by atoms with E-state index in [4.69, 9.17) is 13.7 Å². The summed E-state index contributed by atoms with van der Waals surface area (Å²) in [5.74, 6) is -0.509. The van der Waals surface area contributed by atoms with Crippen LogP contribution in [0.15, 0.2) is 11.6 Å². The van der Waals surface area contributed by atoms with Gasteiger partial charge in [0.15, 0.2) is 5.79 Å². The number of hydrogen-bond donors (Lipinski definition) is 0. The summed E-state index contributed by atoms with van der Waals surface area (Å²) in [6, 6.07) is 0. The Balaban J connectivity index is 1.84. The number of hydrogen-bond acceptors (Lipinski definition) is 5. The summed E-state index contributed by atoms with van der Waals surface area (Å²) in [5, 5.41) is 0. The van der Waals surface area contributed by atoms with Crippen LogP contribution in [0, 0.1) is 5.41 Å². The van der Waals surface area contributed by atoms with Crippen LogP contribution in [0.2, 0.25) is 0 Å². The Bertz CT molecular complexity index is 503. The van der Waals surface area contributed by atoms with Gasteiger partial charge in [-0.25, -0.2) is 0 Å². The van der Waals surface area contributed by atoms with Gasteiger partial charge >= 0.3 is 0 Å². The molecule has 0 N–H and O–H groups in total. The smallest absolute Gasteiger partial charge is 0.264 e. The van der Waals surface area contributed by atoms with Gasteiger partial charge in [0.2, 0.25) is 0 Å².